The Kier molecular flexibility index (Phi) is 5.66. The lowest BCUT2D eigenvalue weighted by atomic mass is 10.2. The quantitative estimate of drug-likeness (QED) is 0.729. The van der Waals surface area contributed by atoms with Gasteiger partial charge >= 0.3 is 0 Å². The molecule has 0 unspecified atom stereocenters. The molecule has 0 fully saturated rings. The number of amides is 1. The van der Waals surface area contributed by atoms with E-state index in [1.807, 2.05) is 73.4 Å². The van der Waals surface area contributed by atoms with Gasteiger partial charge in [-0.15, -0.1) is 10.2 Å². The fourth-order valence-electron chi connectivity index (χ4n) is 2.63. The van der Waals surface area contributed by atoms with E-state index in [0.717, 1.165) is 17.9 Å². The Morgan fingerprint density at radius 3 is 2.19 bits per heavy atom. The highest BCUT2D eigenvalue weighted by atomic mass is 16.1. The predicted octanol–water partition coefficient (Wildman–Crippen LogP) is 3.43. The van der Waals surface area contributed by atoms with Gasteiger partial charge in [0, 0.05) is 39.1 Å². The van der Waals surface area contributed by atoms with Crippen LogP contribution in [-0.2, 0) is 6.54 Å². The van der Waals surface area contributed by atoms with Crippen LogP contribution in [-0.4, -0.2) is 37.2 Å². The molecule has 2 aromatic carbocycles. The highest BCUT2D eigenvalue weighted by Crippen LogP contribution is 2.17. The lowest BCUT2D eigenvalue weighted by Crippen LogP contribution is -2.20. The summed E-state index contributed by atoms with van der Waals surface area (Å²) in [5, 5.41) is 11.1. The molecule has 1 amide bonds. The highest BCUT2D eigenvalue weighted by molar-refractivity contribution is 6.02. The Labute approximate surface area is 159 Å². The predicted molar refractivity (Wildman–Crippen MR) is 109 cm³/mol. The molecule has 0 saturated carbocycles. The number of rotatable bonds is 6. The van der Waals surface area contributed by atoms with E-state index in [4.69, 9.17) is 0 Å². The Bertz CT molecular complexity index is 877. The molecule has 3 aromatic rings. The number of carbonyl (C=O) groups is 1. The molecular formula is C21H23N5O. The number of carbonyl (C=O) groups excluding carboxylic acids is 1. The van der Waals surface area contributed by atoms with Crippen LogP contribution in [0.3, 0.4) is 0 Å². The number of hydrogen-bond donors (Lipinski definition) is 1. The van der Waals surface area contributed by atoms with E-state index in [-0.39, 0.29) is 11.6 Å². The van der Waals surface area contributed by atoms with Crippen molar-refractivity contribution in [3.63, 3.8) is 0 Å². The van der Waals surface area contributed by atoms with Gasteiger partial charge in [0.1, 0.15) is 0 Å². The summed E-state index contributed by atoms with van der Waals surface area (Å²) in [4.78, 5) is 16.4. The maximum atomic E-state index is 12.4. The maximum Gasteiger partial charge on any atom is 0.276 e. The number of nitrogens with one attached hydrogen (secondary N) is 1. The van der Waals surface area contributed by atoms with Gasteiger partial charge in [-0.3, -0.25) is 4.79 Å². The van der Waals surface area contributed by atoms with Gasteiger partial charge in [-0.1, -0.05) is 30.3 Å². The first-order chi connectivity index (χ1) is 13.0. The standard InChI is InChI=1S/C21H23N5O/c1-25(2)18-11-9-17(10-12-18)22-21(27)19-13-14-20(24-23-19)26(3)15-16-7-5-4-6-8-16/h4-14H,15H2,1-3H3,(H,22,27). The van der Waals surface area contributed by atoms with Gasteiger partial charge in [0.05, 0.1) is 0 Å². The topological polar surface area (TPSA) is 61.4 Å². The molecule has 0 saturated heterocycles. The molecule has 138 valence electrons. The van der Waals surface area contributed by atoms with Crippen LogP contribution in [0, 0.1) is 0 Å². The Hall–Kier alpha value is -3.41. The molecule has 0 spiro atoms. The summed E-state index contributed by atoms with van der Waals surface area (Å²) >= 11 is 0. The zero-order chi connectivity index (χ0) is 19.2. The van der Waals surface area contributed by atoms with E-state index in [0.29, 0.717) is 5.82 Å². The van der Waals surface area contributed by atoms with Crippen LogP contribution < -0.4 is 15.1 Å². The van der Waals surface area contributed by atoms with Crippen molar-refractivity contribution in [2.45, 2.75) is 6.54 Å². The normalized spacial score (nSPS) is 10.3. The molecule has 1 aromatic heterocycles. The molecule has 0 radical (unpaired) electrons. The molecule has 1 N–H and O–H groups in total. The van der Waals surface area contributed by atoms with Crippen molar-refractivity contribution in [1.82, 2.24) is 10.2 Å². The molecule has 0 aliphatic heterocycles. The van der Waals surface area contributed by atoms with E-state index in [9.17, 15) is 4.79 Å². The molecule has 6 heteroatoms. The lowest BCUT2D eigenvalue weighted by Gasteiger charge is -2.17. The van der Waals surface area contributed by atoms with Crippen molar-refractivity contribution in [2.24, 2.45) is 0 Å². The van der Waals surface area contributed by atoms with Crippen molar-refractivity contribution < 1.29 is 4.79 Å². The average Bonchev–Trinajstić information content (AvgIpc) is 2.69. The SMILES string of the molecule is CN(C)c1ccc(NC(=O)c2ccc(N(C)Cc3ccccc3)nn2)cc1. The molecule has 27 heavy (non-hydrogen) atoms. The minimum Gasteiger partial charge on any atom is -0.378 e. The van der Waals surface area contributed by atoms with Gasteiger partial charge in [-0.2, -0.15) is 0 Å². The Balaban J connectivity index is 1.63. The number of hydrogen-bond acceptors (Lipinski definition) is 5. The smallest absolute Gasteiger partial charge is 0.276 e. The zero-order valence-corrected chi connectivity index (χ0v) is 15.8. The van der Waals surface area contributed by atoms with Gasteiger partial charge in [0.25, 0.3) is 5.91 Å². The van der Waals surface area contributed by atoms with Gasteiger partial charge in [0.15, 0.2) is 11.5 Å². The van der Waals surface area contributed by atoms with Crippen LogP contribution in [0.4, 0.5) is 17.2 Å². The van der Waals surface area contributed by atoms with Gasteiger partial charge < -0.3 is 15.1 Å². The Morgan fingerprint density at radius 1 is 0.889 bits per heavy atom. The fourth-order valence-corrected chi connectivity index (χ4v) is 2.63. The molecule has 1 heterocycles. The molecular weight excluding hydrogens is 338 g/mol. The number of benzene rings is 2. The lowest BCUT2D eigenvalue weighted by molar-refractivity contribution is 0.102. The second-order valence-corrected chi connectivity index (χ2v) is 6.51. The summed E-state index contributed by atoms with van der Waals surface area (Å²) in [6, 6.07) is 21.2. The first-order valence-corrected chi connectivity index (χ1v) is 8.70. The molecule has 3 rings (SSSR count). The monoisotopic (exact) mass is 361 g/mol. The number of anilines is 3. The summed E-state index contributed by atoms with van der Waals surface area (Å²) < 4.78 is 0. The van der Waals surface area contributed by atoms with Crippen molar-refractivity contribution >= 4 is 23.1 Å². The summed E-state index contributed by atoms with van der Waals surface area (Å²) in [5.74, 6) is 0.433. The first-order valence-electron chi connectivity index (χ1n) is 8.70. The van der Waals surface area contributed by atoms with Crippen LogP contribution in [0.25, 0.3) is 0 Å². The third-order valence-electron chi connectivity index (χ3n) is 4.18. The third-order valence-corrected chi connectivity index (χ3v) is 4.18. The van der Waals surface area contributed by atoms with E-state index >= 15 is 0 Å². The van der Waals surface area contributed by atoms with Gasteiger partial charge in [-0.25, -0.2) is 0 Å². The summed E-state index contributed by atoms with van der Waals surface area (Å²) in [7, 11) is 5.89. The summed E-state index contributed by atoms with van der Waals surface area (Å²) in [6.07, 6.45) is 0. The molecule has 0 bridgehead atoms. The first kappa shape index (κ1) is 18.4. The molecule has 6 nitrogen and oxygen atoms in total. The fraction of sp³-hybridized carbons (Fsp3) is 0.190. The highest BCUT2D eigenvalue weighted by Gasteiger charge is 2.11. The largest absolute Gasteiger partial charge is 0.378 e. The second-order valence-electron chi connectivity index (χ2n) is 6.51. The van der Waals surface area contributed by atoms with E-state index in [1.165, 1.54) is 5.56 Å². The summed E-state index contributed by atoms with van der Waals surface area (Å²) in [5.41, 5.74) is 3.25. The van der Waals surface area contributed by atoms with Crippen LogP contribution in [0.5, 0.6) is 0 Å². The van der Waals surface area contributed by atoms with E-state index < -0.39 is 0 Å². The van der Waals surface area contributed by atoms with Crippen molar-refractivity contribution in [2.75, 3.05) is 36.3 Å². The second kappa shape index (κ2) is 8.31. The third kappa shape index (κ3) is 4.82. The Morgan fingerprint density at radius 2 is 1.59 bits per heavy atom. The number of aromatic nitrogens is 2. The molecule has 0 aliphatic rings. The maximum absolute atomic E-state index is 12.4. The minimum atomic E-state index is -0.280. The van der Waals surface area contributed by atoms with Crippen LogP contribution in [0.1, 0.15) is 16.1 Å². The van der Waals surface area contributed by atoms with E-state index in [2.05, 4.69) is 27.6 Å². The van der Waals surface area contributed by atoms with Crippen LogP contribution in [0.2, 0.25) is 0 Å². The summed E-state index contributed by atoms with van der Waals surface area (Å²) in [6.45, 7) is 0.722. The van der Waals surface area contributed by atoms with Crippen LogP contribution >= 0.6 is 0 Å². The average molecular weight is 361 g/mol. The van der Waals surface area contributed by atoms with Crippen molar-refractivity contribution in [3.05, 3.63) is 78.0 Å². The molecule has 0 atom stereocenters. The zero-order valence-electron chi connectivity index (χ0n) is 15.8. The van der Waals surface area contributed by atoms with E-state index in [1.54, 1.807) is 12.1 Å². The van der Waals surface area contributed by atoms with Crippen LogP contribution in [0.15, 0.2) is 66.7 Å². The minimum absolute atomic E-state index is 0.280. The van der Waals surface area contributed by atoms with Crippen molar-refractivity contribution in [1.29, 1.82) is 0 Å². The van der Waals surface area contributed by atoms with Crippen molar-refractivity contribution in [3.8, 4) is 0 Å². The van der Waals surface area contributed by atoms with Gasteiger partial charge in [0.2, 0.25) is 0 Å². The number of nitrogens with zero attached hydrogens (tertiary/aromatic N) is 4. The molecule has 0 aliphatic carbocycles. The van der Waals surface area contributed by atoms with Gasteiger partial charge in [-0.05, 0) is 42.0 Å².